The highest BCUT2D eigenvalue weighted by Crippen LogP contribution is 2.43. The fourth-order valence-corrected chi connectivity index (χ4v) is 5.31. The average molecular weight is 590 g/mol. The number of aromatic nitrogens is 4. The molecule has 3 heterocycles. The molecule has 2 aliphatic carbocycles. The van der Waals surface area contributed by atoms with E-state index >= 15 is 0 Å². The molecule has 3 aromatic rings. The van der Waals surface area contributed by atoms with Crippen molar-refractivity contribution < 1.29 is 31.5 Å². The van der Waals surface area contributed by atoms with E-state index in [-0.39, 0.29) is 48.6 Å². The number of hydrogen-bond acceptors (Lipinski definition) is 6. The number of nitriles is 1. The second kappa shape index (κ2) is 11.6. The lowest BCUT2D eigenvalue weighted by molar-refractivity contribution is -0.144. The van der Waals surface area contributed by atoms with Crippen LogP contribution in [0.5, 0.6) is 0 Å². The summed E-state index contributed by atoms with van der Waals surface area (Å²) in [6.07, 6.45) is 0.640. The summed E-state index contributed by atoms with van der Waals surface area (Å²) in [4.78, 5) is 34.0. The Morgan fingerprint density at radius 2 is 1.76 bits per heavy atom. The van der Waals surface area contributed by atoms with Gasteiger partial charge in [-0.3, -0.25) is 14.6 Å². The predicted molar refractivity (Wildman–Crippen MR) is 138 cm³/mol. The van der Waals surface area contributed by atoms with Crippen LogP contribution in [0, 0.1) is 23.2 Å². The SMILES string of the molecule is N#Cc1cncc(C(=O)N[C@H](c2cn3ncc([C@H](NC(=O)CCC(F)(F)F)C4CC4)cc3n2)C2CCC(F)(F)CC2)c1. The highest BCUT2D eigenvalue weighted by atomic mass is 19.4. The molecule has 3 aromatic heterocycles. The van der Waals surface area contributed by atoms with E-state index in [1.54, 1.807) is 12.3 Å². The van der Waals surface area contributed by atoms with Crippen LogP contribution in [-0.4, -0.2) is 43.5 Å². The van der Waals surface area contributed by atoms with E-state index in [1.807, 2.05) is 6.07 Å². The van der Waals surface area contributed by atoms with Crippen LogP contribution in [0.1, 0.15) is 90.6 Å². The van der Waals surface area contributed by atoms with Gasteiger partial charge in [-0.05, 0) is 55.2 Å². The third-order valence-electron chi connectivity index (χ3n) is 7.73. The smallest absolute Gasteiger partial charge is 0.349 e. The standard InChI is InChI=1S/C28H28F5N7O2/c29-27(30)6-3-18(4-7-27)25(39-26(42)20-9-16(11-34)12-35-13-20)21-15-40-22(37-21)10-19(14-36-40)24(17-1-2-17)38-23(41)5-8-28(31,32)33/h9-10,12-15,17-18,24-25H,1-8H2,(H,38,41)(H,39,42)/t24-,25+/m1/s1. The minimum atomic E-state index is -4.44. The van der Waals surface area contributed by atoms with Crippen molar-refractivity contribution >= 4 is 17.5 Å². The van der Waals surface area contributed by atoms with Crippen molar-refractivity contribution in [1.29, 1.82) is 5.26 Å². The van der Waals surface area contributed by atoms with Crippen molar-refractivity contribution in [3.8, 4) is 6.07 Å². The molecular weight excluding hydrogens is 561 g/mol. The molecule has 222 valence electrons. The van der Waals surface area contributed by atoms with Gasteiger partial charge in [-0.1, -0.05) is 0 Å². The number of imidazole rings is 1. The molecule has 2 N–H and O–H groups in total. The number of nitrogens with zero attached hydrogens (tertiary/aromatic N) is 5. The number of pyridine rings is 1. The first kappa shape index (κ1) is 29.3. The lowest BCUT2D eigenvalue weighted by Crippen LogP contribution is -2.37. The molecule has 2 atom stereocenters. The Labute approximate surface area is 237 Å². The van der Waals surface area contributed by atoms with Crippen LogP contribution < -0.4 is 10.6 Å². The van der Waals surface area contributed by atoms with Crippen molar-refractivity contribution in [3.05, 3.63) is 59.3 Å². The van der Waals surface area contributed by atoms with Gasteiger partial charge >= 0.3 is 6.18 Å². The molecule has 42 heavy (non-hydrogen) atoms. The minimum Gasteiger partial charge on any atom is -0.349 e. The maximum Gasteiger partial charge on any atom is 0.389 e. The summed E-state index contributed by atoms with van der Waals surface area (Å²) in [6, 6.07) is 3.71. The second-order valence-corrected chi connectivity index (χ2v) is 11.0. The monoisotopic (exact) mass is 589 g/mol. The van der Waals surface area contributed by atoms with E-state index in [0.717, 1.165) is 12.8 Å². The third-order valence-corrected chi connectivity index (χ3v) is 7.73. The zero-order valence-electron chi connectivity index (χ0n) is 22.4. The lowest BCUT2D eigenvalue weighted by atomic mass is 9.81. The Hall–Kier alpha value is -4.15. The Bertz CT molecular complexity index is 1500. The van der Waals surface area contributed by atoms with Crippen molar-refractivity contribution in [2.45, 2.75) is 75.5 Å². The molecule has 0 saturated heterocycles. The van der Waals surface area contributed by atoms with Gasteiger partial charge in [0.25, 0.3) is 5.91 Å². The van der Waals surface area contributed by atoms with Crippen LogP contribution >= 0.6 is 0 Å². The van der Waals surface area contributed by atoms with E-state index in [0.29, 0.717) is 16.9 Å². The minimum absolute atomic E-state index is 0.0623. The van der Waals surface area contributed by atoms with Crippen LogP contribution in [0.2, 0.25) is 0 Å². The van der Waals surface area contributed by atoms with Crippen molar-refractivity contribution in [3.63, 3.8) is 0 Å². The number of hydrogen-bond donors (Lipinski definition) is 2. The van der Waals surface area contributed by atoms with E-state index in [9.17, 15) is 31.5 Å². The molecule has 0 aromatic carbocycles. The highest BCUT2D eigenvalue weighted by molar-refractivity contribution is 5.94. The third kappa shape index (κ3) is 7.18. The number of amides is 2. The molecule has 5 rings (SSSR count). The molecule has 0 radical (unpaired) electrons. The first-order valence-corrected chi connectivity index (χ1v) is 13.7. The molecule has 0 aliphatic heterocycles. The average Bonchev–Trinajstić information content (AvgIpc) is 3.71. The Kier molecular flexibility index (Phi) is 8.12. The number of carbonyl (C=O) groups is 2. The van der Waals surface area contributed by atoms with E-state index in [1.165, 1.54) is 29.2 Å². The van der Waals surface area contributed by atoms with E-state index < -0.39 is 48.8 Å². The normalized spacial score (nSPS) is 18.7. The number of halogens is 5. The number of carbonyl (C=O) groups excluding carboxylic acids is 2. The molecule has 2 aliphatic rings. The van der Waals surface area contributed by atoms with Crippen LogP contribution in [0.25, 0.3) is 5.65 Å². The van der Waals surface area contributed by atoms with Gasteiger partial charge in [0.05, 0.1) is 47.7 Å². The van der Waals surface area contributed by atoms with Gasteiger partial charge in [0.2, 0.25) is 11.8 Å². The van der Waals surface area contributed by atoms with Crippen LogP contribution in [-0.2, 0) is 4.79 Å². The molecule has 2 saturated carbocycles. The van der Waals surface area contributed by atoms with Crippen LogP contribution in [0.3, 0.4) is 0 Å². The van der Waals surface area contributed by atoms with Gasteiger partial charge in [0.1, 0.15) is 6.07 Å². The van der Waals surface area contributed by atoms with Gasteiger partial charge < -0.3 is 10.6 Å². The fraction of sp³-hybridized carbons (Fsp3) is 0.500. The van der Waals surface area contributed by atoms with Gasteiger partial charge in [0, 0.05) is 31.7 Å². The molecule has 2 fully saturated rings. The highest BCUT2D eigenvalue weighted by Gasteiger charge is 2.40. The van der Waals surface area contributed by atoms with Crippen molar-refractivity contribution in [2.24, 2.45) is 11.8 Å². The molecule has 0 unspecified atom stereocenters. The molecule has 0 spiro atoms. The zero-order chi connectivity index (χ0) is 30.1. The summed E-state index contributed by atoms with van der Waals surface area (Å²) < 4.78 is 67.2. The Morgan fingerprint density at radius 3 is 2.43 bits per heavy atom. The van der Waals surface area contributed by atoms with Crippen molar-refractivity contribution in [2.75, 3.05) is 0 Å². The quantitative estimate of drug-likeness (QED) is 0.331. The van der Waals surface area contributed by atoms with Gasteiger partial charge in [-0.15, -0.1) is 0 Å². The molecule has 14 heteroatoms. The maximum absolute atomic E-state index is 14.0. The van der Waals surface area contributed by atoms with Crippen molar-refractivity contribution in [1.82, 2.24) is 30.2 Å². The molecule has 9 nitrogen and oxygen atoms in total. The van der Waals surface area contributed by atoms with Gasteiger partial charge in [0.15, 0.2) is 5.65 Å². The maximum atomic E-state index is 14.0. The lowest BCUT2D eigenvalue weighted by Gasteiger charge is -2.33. The van der Waals surface area contributed by atoms with E-state index in [2.05, 4.69) is 25.7 Å². The summed E-state index contributed by atoms with van der Waals surface area (Å²) in [7, 11) is 0. The predicted octanol–water partition coefficient (Wildman–Crippen LogP) is 5.20. The summed E-state index contributed by atoms with van der Waals surface area (Å²) in [5, 5.41) is 19.1. The first-order chi connectivity index (χ1) is 19.9. The summed E-state index contributed by atoms with van der Waals surface area (Å²) in [5.41, 5.74) is 1.67. The number of alkyl halides is 5. The second-order valence-electron chi connectivity index (χ2n) is 11.0. The van der Waals surface area contributed by atoms with Crippen LogP contribution in [0.4, 0.5) is 22.0 Å². The summed E-state index contributed by atoms with van der Waals surface area (Å²) in [5.74, 6) is -4.32. The Morgan fingerprint density at radius 1 is 1.05 bits per heavy atom. The van der Waals surface area contributed by atoms with Gasteiger partial charge in [-0.2, -0.15) is 23.5 Å². The summed E-state index contributed by atoms with van der Waals surface area (Å²) >= 11 is 0. The molecule has 2 amide bonds. The molecule has 0 bridgehead atoms. The van der Waals surface area contributed by atoms with Gasteiger partial charge in [-0.25, -0.2) is 18.3 Å². The largest absolute Gasteiger partial charge is 0.389 e. The zero-order valence-corrected chi connectivity index (χ0v) is 22.4. The summed E-state index contributed by atoms with van der Waals surface area (Å²) in [6.45, 7) is 0. The molecular formula is C28H28F5N7O2. The number of fused-ring (bicyclic) bond motifs is 1. The Balaban J connectivity index is 1.40. The number of rotatable bonds is 9. The topological polar surface area (TPSA) is 125 Å². The fourth-order valence-electron chi connectivity index (χ4n) is 5.31. The first-order valence-electron chi connectivity index (χ1n) is 13.7. The number of nitrogens with one attached hydrogen (secondary N) is 2. The van der Waals surface area contributed by atoms with E-state index in [4.69, 9.17) is 5.26 Å². The van der Waals surface area contributed by atoms with Crippen LogP contribution in [0.15, 0.2) is 36.9 Å².